The van der Waals surface area contributed by atoms with E-state index < -0.39 is 0 Å². The summed E-state index contributed by atoms with van der Waals surface area (Å²) < 4.78 is 12.2. The van der Waals surface area contributed by atoms with Crippen LogP contribution in [-0.2, 0) is 6.54 Å². The monoisotopic (exact) mass is 353 g/mol. The molecule has 0 fully saturated rings. The maximum atomic E-state index is 5.41. The van der Waals surface area contributed by atoms with Gasteiger partial charge in [0, 0.05) is 6.54 Å². The second kappa shape index (κ2) is 6.56. The van der Waals surface area contributed by atoms with Crippen molar-refractivity contribution < 1.29 is 9.37 Å². The fourth-order valence-electron chi connectivity index (χ4n) is 2.66. The minimum atomic E-state index is 0.608. The molecule has 3 aromatic heterocycles. The maximum absolute atomic E-state index is 5.41. The van der Waals surface area contributed by atoms with E-state index in [4.69, 9.17) is 9.37 Å². The molecular weight excluding hydrogens is 338 g/mol. The van der Waals surface area contributed by atoms with E-state index in [0.29, 0.717) is 5.69 Å². The highest BCUT2D eigenvalue weighted by molar-refractivity contribution is 7.99. The number of fused-ring (bicyclic) bond motifs is 1. The van der Waals surface area contributed by atoms with E-state index in [1.807, 2.05) is 30.3 Å². The smallest absolute Gasteiger partial charge is 0.170 e. The van der Waals surface area contributed by atoms with Crippen LogP contribution in [-0.4, -0.2) is 32.0 Å². The summed E-state index contributed by atoms with van der Waals surface area (Å²) in [7, 11) is 1.67. The lowest BCUT2D eigenvalue weighted by Gasteiger charge is -2.07. The van der Waals surface area contributed by atoms with Crippen LogP contribution in [0.15, 0.2) is 57.3 Å². The van der Waals surface area contributed by atoms with E-state index in [1.54, 1.807) is 31.3 Å². The van der Waals surface area contributed by atoms with Gasteiger partial charge in [-0.15, -0.1) is 0 Å². The molecule has 3 heterocycles. The van der Waals surface area contributed by atoms with Crippen LogP contribution in [0, 0.1) is 0 Å². The minimum Gasteiger partial charge on any atom is -0.496 e. The summed E-state index contributed by atoms with van der Waals surface area (Å²) >= 11 is 1.56. The van der Waals surface area contributed by atoms with Gasteiger partial charge in [0.2, 0.25) is 0 Å². The van der Waals surface area contributed by atoms with E-state index in [0.717, 1.165) is 39.1 Å². The Morgan fingerprint density at radius 3 is 2.88 bits per heavy atom. The molecule has 0 bridgehead atoms. The highest BCUT2D eigenvalue weighted by Crippen LogP contribution is 2.35. The van der Waals surface area contributed by atoms with Crippen LogP contribution in [0.1, 0.15) is 6.92 Å². The van der Waals surface area contributed by atoms with Gasteiger partial charge in [0.25, 0.3) is 0 Å². The van der Waals surface area contributed by atoms with E-state index in [1.165, 1.54) is 0 Å². The summed E-state index contributed by atoms with van der Waals surface area (Å²) in [4.78, 5) is 10.1. The van der Waals surface area contributed by atoms with Gasteiger partial charge in [-0.3, -0.25) is 0 Å². The summed E-state index contributed by atoms with van der Waals surface area (Å²) in [5, 5.41) is 8.43. The molecule has 1 aromatic carbocycles. The highest BCUT2D eigenvalue weighted by atomic mass is 32.2. The fourth-order valence-corrected chi connectivity index (χ4v) is 3.56. The van der Waals surface area contributed by atoms with Gasteiger partial charge >= 0.3 is 0 Å². The lowest BCUT2D eigenvalue weighted by Crippen LogP contribution is -1.97. The average molecular weight is 353 g/mol. The minimum absolute atomic E-state index is 0.608. The Morgan fingerprint density at radius 2 is 2.12 bits per heavy atom. The van der Waals surface area contributed by atoms with Crippen molar-refractivity contribution in [1.82, 2.24) is 24.8 Å². The number of rotatable bonds is 5. The van der Waals surface area contributed by atoms with E-state index in [9.17, 15) is 0 Å². The Hall–Kier alpha value is -2.87. The number of para-hydroxylation sites is 1. The zero-order valence-electron chi connectivity index (χ0n) is 13.7. The van der Waals surface area contributed by atoms with Gasteiger partial charge in [-0.05, 0) is 30.3 Å². The zero-order chi connectivity index (χ0) is 17.2. The first-order valence-electron chi connectivity index (χ1n) is 7.75. The molecule has 0 unspecified atom stereocenters. The largest absolute Gasteiger partial charge is 0.496 e. The topological polar surface area (TPSA) is 78.9 Å². The molecule has 8 heteroatoms. The molecule has 0 amide bonds. The number of ether oxygens (including phenoxy) is 1. The number of imidazole rings is 1. The van der Waals surface area contributed by atoms with Gasteiger partial charge in [-0.1, -0.05) is 29.1 Å². The lowest BCUT2D eigenvalue weighted by atomic mass is 10.3. The molecule has 0 saturated carbocycles. The van der Waals surface area contributed by atoms with Gasteiger partial charge in [0.15, 0.2) is 11.5 Å². The van der Waals surface area contributed by atoms with Gasteiger partial charge < -0.3 is 9.30 Å². The summed E-state index contributed by atoms with van der Waals surface area (Å²) in [6, 6.07) is 9.91. The Bertz CT molecular complexity index is 1010. The maximum Gasteiger partial charge on any atom is 0.170 e. The first-order valence-corrected chi connectivity index (χ1v) is 8.57. The molecule has 7 nitrogen and oxygen atoms in total. The number of benzene rings is 1. The molecule has 0 spiro atoms. The molecule has 0 saturated heterocycles. The molecule has 0 aliphatic rings. The van der Waals surface area contributed by atoms with Gasteiger partial charge in [-0.25, -0.2) is 14.6 Å². The molecule has 0 atom stereocenters. The normalized spacial score (nSPS) is 11.1. The number of methoxy groups -OCH3 is 1. The summed E-state index contributed by atoms with van der Waals surface area (Å²) in [6.07, 6.45) is 3.33. The van der Waals surface area contributed by atoms with Crippen molar-refractivity contribution in [2.75, 3.05) is 7.11 Å². The summed E-state index contributed by atoms with van der Waals surface area (Å²) in [5.74, 6) is 1.55. The van der Waals surface area contributed by atoms with Gasteiger partial charge in [0.05, 0.1) is 23.7 Å². The third kappa shape index (κ3) is 2.85. The molecule has 4 rings (SSSR count). The Morgan fingerprint density at radius 1 is 1.24 bits per heavy atom. The molecule has 0 aliphatic heterocycles. The SMILES string of the molecule is CCn1c(-c2cnon2)nc2cnc(Sc3ccccc3OC)cc21. The van der Waals surface area contributed by atoms with E-state index >= 15 is 0 Å². The van der Waals surface area contributed by atoms with Crippen molar-refractivity contribution in [3.05, 3.63) is 42.7 Å². The van der Waals surface area contributed by atoms with E-state index in [-0.39, 0.29) is 0 Å². The molecule has 0 aliphatic carbocycles. The van der Waals surface area contributed by atoms with Crippen molar-refractivity contribution in [3.63, 3.8) is 0 Å². The van der Waals surface area contributed by atoms with Gasteiger partial charge in [-0.2, -0.15) is 0 Å². The molecule has 126 valence electrons. The summed E-state index contributed by atoms with van der Waals surface area (Å²) in [5.41, 5.74) is 2.41. The lowest BCUT2D eigenvalue weighted by molar-refractivity contribution is 0.308. The van der Waals surface area contributed by atoms with Crippen LogP contribution in [0.25, 0.3) is 22.6 Å². The van der Waals surface area contributed by atoms with Crippen molar-refractivity contribution >= 4 is 22.8 Å². The fraction of sp³-hybridized carbons (Fsp3) is 0.176. The molecule has 0 N–H and O–H groups in total. The molecular formula is C17H15N5O2S. The van der Waals surface area contributed by atoms with E-state index in [2.05, 4.69) is 31.8 Å². The first kappa shape index (κ1) is 15.6. The molecule has 0 radical (unpaired) electrons. The Labute approximate surface area is 148 Å². The quantitative estimate of drug-likeness (QED) is 0.542. The van der Waals surface area contributed by atoms with Crippen LogP contribution in [0.5, 0.6) is 5.75 Å². The Kier molecular flexibility index (Phi) is 4.10. The van der Waals surface area contributed by atoms with Crippen LogP contribution < -0.4 is 4.74 Å². The van der Waals surface area contributed by atoms with Crippen LogP contribution >= 0.6 is 11.8 Å². The van der Waals surface area contributed by atoms with Crippen molar-refractivity contribution in [1.29, 1.82) is 0 Å². The number of nitrogens with zero attached hydrogens (tertiary/aromatic N) is 5. The predicted octanol–water partition coefficient (Wildman–Crippen LogP) is 3.66. The molecule has 25 heavy (non-hydrogen) atoms. The first-order chi connectivity index (χ1) is 12.3. The number of hydrogen-bond donors (Lipinski definition) is 0. The van der Waals surface area contributed by atoms with Crippen LogP contribution in [0.4, 0.5) is 0 Å². The molecule has 4 aromatic rings. The highest BCUT2D eigenvalue weighted by Gasteiger charge is 2.16. The number of aryl methyl sites for hydroxylation is 1. The van der Waals surface area contributed by atoms with Crippen molar-refractivity contribution in [3.8, 4) is 17.3 Å². The number of pyridine rings is 1. The zero-order valence-corrected chi connectivity index (χ0v) is 14.5. The van der Waals surface area contributed by atoms with Crippen molar-refractivity contribution in [2.24, 2.45) is 0 Å². The predicted molar refractivity (Wildman–Crippen MR) is 93.6 cm³/mol. The third-order valence-corrected chi connectivity index (χ3v) is 4.79. The summed E-state index contributed by atoms with van der Waals surface area (Å²) in [6.45, 7) is 2.81. The number of aromatic nitrogens is 5. The van der Waals surface area contributed by atoms with Crippen LogP contribution in [0.2, 0.25) is 0 Å². The Balaban J connectivity index is 1.77. The second-order valence-corrected chi connectivity index (χ2v) is 6.30. The number of hydrogen-bond acceptors (Lipinski definition) is 7. The second-order valence-electron chi connectivity index (χ2n) is 5.24. The van der Waals surface area contributed by atoms with Crippen LogP contribution in [0.3, 0.4) is 0 Å². The van der Waals surface area contributed by atoms with Crippen molar-refractivity contribution in [2.45, 2.75) is 23.4 Å². The third-order valence-electron chi connectivity index (χ3n) is 3.80. The van der Waals surface area contributed by atoms with Gasteiger partial charge in [0.1, 0.15) is 22.5 Å². The average Bonchev–Trinajstić information content (AvgIpc) is 3.29. The standard InChI is InChI=1S/C17H15N5O2S/c1-3-22-13-8-16(25-15-7-5-4-6-14(15)23-2)18-9-11(13)20-17(22)12-10-19-24-21-12/h4-10H,3H2,1-2H3.